The highest BCUT2D eigenvalue weighted by molar-refractivity contribution is 5.54. The van der Waals surface area contributed by atoms with Crippen LogP contribution in [0.25, 0.3) is 11.6 Å². The molecule has 7 nitrogen and oxygen atoms in total. The monoisotopic (exact) mass is 959 g/mol. The number of rotatable bonds is 7. The van der Waals surface area contributed by atoms with E-state index in [0.29, 0.717) is 29.8 Å². The summed E-state index contributed by atoms with van der Waals surface area (Å²) in [4.78, 5) is 0. The van der Waals surface area contributed by atoms with E-state index in [2.05, 4.69) is 218 Å². The number of fused-ring (bicyclic) bond motifs is 5. The first-order chi connectivity index (χ1) is 33.9. The van der Waals surface area contributed by atoms with Crippen LogP contribution in [0.1, 0.15) is 189 Å². The second kappa shape index (κ2) is 25.8. The Labute approximate surface area is 429 Å². The van der Waals surface area contributed by atoms with Gasteiger partial charge in [-0.15, -0.1) is 0 Å². The number of pyridine rings is 1. The Kier molecular flexibility index (Phi) is 20.0. The lowest BCUT2D eigenvalue weighted by Gasteiger charge is -2.34. The summed E-state index contributed by atoms with van der Waals surface area (Å²) in [5.74, 6) is 4.09. The van der Waals surface area contributed by atoms with Crippen molar-refractivity contribution in [1.29, 1.82) is 0 Å². The molecule has 0 saturated carbocycles. The van der Waals surface area contributed by atoms with Crippen LogP contribution in [0.2, 0.25) is 0 Å². The van der Waals surface area contributed by atoms with Gasteiger partial charge in [-0.25, -0.2) is 4.52 Å². The largest absolute Gasteiger partial charge is 0.373 e. The van der Waals surface area contributed by atoms with Gasteiger partial charge < -0.3 is 13.9 Å². The van der Waals surface area contributed by atoms with Gasteiger partial charge in [0.15, 0.2) is 0 Å². The minimum absolute atomic E-state index is 0.244. The molecule has 382 valence electrons. The van der Waals surface area contributed by atoms with Crippen molar-refractivity contribution in [2.45, 2.75) is 191 Å². The van der Waals surface area contributed by atoms with E-state index in [0.717, 1.165) is 38.0 Å². The zero-order valence-electron chi connectivity index (χ0n) is 46.3. The molecule has 0 saturated heterocycles. The third-order valence-corrected chi connectivity index (χ3v) is 14.6. The molecule has 71 heavy (non-hydrogen) atoms. The van der Waals surface area contributed by atoms with Crippen LogP contribution >= 0.6 is 0 Å². The van der Waals surface area contributed by atoms with Gasteiger partial charge in [0, 0.05) is 60.9 Å². The molecule has 9 heterocycles. The highest BCUT2D eigenvalue weighted by atomic mass is 16.5. The average Bonchev–Trinajstić information content (AvgIpc) is 4.19. The standard InChI is InChI=1S/C13H18O.C12H18.C10H12N2.C10H15N.C10H13N.C9H14N2/c1-13(2,3)12-8-10-6-4-5-7-11(10)9-14-12;1-10(2)11(3)9-12-7-5-4-6-8-12;1-8(2)9-7-11-12-6-4-3-5-10(9)12;2*1-8(2)9-6-10-4-3-5-11(10)7-9;1-7(2)8-6-10-11-5-3-4-9(8)11/h4-7,12H,8-9H2,1-3H3;4-8,10-11H,9H2,1-3H3;3-8H,1-2H3;6-8H,3-5H2,1-2H3;3-4,6-8H,5H2,1-2H3;6-7H,3-5H2,1-2H3. The third-order valence-electron chi connectivity index (χ3n) is 14.6. The molecule has 0 spiro atoms. The summed E-state index contributed by atoms with van der Waals surface area (Å²) in [5, 5.41) is 8.59. The van der Waals surface area contributed by atoms with Gasteiger partial charge in [0.1, 0.15) is 0 Å². The fraction of sp³-hybridized carbons (Fsp3) is 0.500. The molecule has 7 heteroatoms. The zero-order valence-corrected chi connectivity index (χ0v) is 46.3. The van der Waals surface area contributed by atoms with E-state index in [1.165, 1.54) is 100 Å². The summed E-state index contributed by atoms with van der Waals surface area (Å²) in [6, 6.07) is 30.1. The maximum absolute atomic E-state index is 5.87. The molecule has 0 bridgehead atoms. The van der Waals surface area contributed by atoms with Gasteiger partial charge >= 0.3 is 0 Å². The Morgan fingerprint density at radius 3 is 1.93 bits per heavy atom. The van der Waals surface area contributed by atoms with Crippen molar-refractivity contribution in [3.8, 4) is 0 Å². The first kappa shape index (κ1) is 54.9. The summed E-state index contributed by atoms with van der Waals surface area (Å²) >= 11 is 0. The Hall–Kier alpha value is -5.40. The lowest BCUT2D eigenvalue weighted by molar-refractivity contribution is -0.0375. The summed E-state index contributed by atoms with van der Waals surface area (Å²) in [7, 11) is 0. The van der Waals surface area contributed by atoms with E-state index in [9.17, 15) is 0 Å². The molecule has 0 radical (unpaired) electrons. The molecular formula is C64H90N6O. The Bertz CT molecular complexity index is 2670. The minimum atomic E-state index is 0.244. The number of nitrogens with zero attached hydrogens (tertiary/aromatic N) is 6. The summed E-state index contributed by atoms with van der Waals surface area (Å²) < 4.78 is 14.6. The minimum Gasteiger partial charge on any atom is -0.373 e. The summed E-state index contributed by atoms with van der Waals surface area (Å²) in [6.45, 7) is 35.6. The number of allylic oxidation sites excluding steroid dienone is 1. The van der Waals surface area contributed by atoms with E-state index in [4.69, 9.17) is 4.74 Å². The van der Waals surface area contributed by atoms with E-state index in [1.54, 1.807) is 0 Å². The molecule has 11 rings (SSSR count). The molecule has 4 aliphatic heterocycles. The van der Waals surface area contributed by atoms with E-state index in [-0.39, 0.29) is 5.41 Å². The molecule has 2 aromatic carbocycles. The smallest absolute Gasteiger partial charge is 0.0723 e. The van der Waals surface area contributed by atoms with Gasteiger partial charge in [-0.1, -0.05) is 164 Å². The van der Waals surface area contributed by atoms with Gasteiger partial charge in [-0.3, -0.25) is 4.68 Å². The van der Waals surface area contributed by atoms with Crippen LogP contribution in [-0.4, -0.2) is 34.6 Å². The normalized spacial score (nSPS) is 15.6. The average molecular weight is 959 g/mol. The fourth-order valence-electron chi connectivity index (χ4n) is 9.49. The van der Waals surface area contributed by atoms with Gasteiger partial charge in [-0.05, 0) is 143 Å². The van der Waals surface area contributed by atoms with Crippen LogP contribution in [0, 0.1) is 17.3 Å². The van der Waals surface area contributed by atoms with Crippen LogP contribution in [0.3, 0.4) is 0 Å². The SMILES string of the molecule is CC(C)(C)C1Cc2ccccc2CO1.CC(C)C(C)Cc1ccccc1.CC(C)c1cc2n(c1)CC=C2.CC(C)c1cc2n(c1)CCC2.CC(C)c1cnn2c1CCC2.CC(C)c1cnn2ccccc12. The highest BCUT2D eigenvalue weighted by Crippen LogP contribution is 2.31. The molecule has 0 amide bonds. The molecule has 0 fully saturated rings. The van der Waals surface area contributed by atoms with Crippen LogP contribution < -0.4 is 0 Å². The Morgan fingerprint density at radius 1 is 0.648 bits per heavy atom. The topological polar surface area (TPSA) is 54.2 Å². The number of ether oxygens (including phenoxy) is 1. The first-order valence-corrected chi connectivity index (χ1v) is 27.1. The number of aryl methyl sites for hydroxylation is 3. The fourth-order valence-corrected chi connectivity index (χ4v) is 9.49. The number of benzene rings is 2. The van der Waals surface area contributed by atoms with Gasteiger partial charge in [-0.2, -0.15) is 10.2 Å². The molecule has 7 aromatic rings. The maximum Gasteiger partial charge on any atom is 0.0723 e. The summed E-state index contributed by atoms with van der Waals surface area (Å²) in [6.07, 6.45) is 22.6. The number of aromatic nitrogens is 6. The molecule has 0 N–H and O–H groups in total. The van der Waals surface area contributed by atoms with Crippen molar-refractivity contribution < 1.29 is 4.74 Å². The van der Waals surface area contributed by atoms with Gasteiger partial charge in [0.25, 0.3) is 0 Å². The molecule has 4 aliphatic rings. The van der Waals surface area contributed by atoms with Crippen molar-refractivity contribution in [1.82, 2.24) is 28.5 Å². The van der Waals surface area contributed by atoms with E-state index in [1.807, 2.05) is 35.2 Å². The molecule has 0 aliphatic carbocycles. The highest BCUT2D eigenvalue weighted by Gasteiger charge is 2.29. The van der Waals surface area contributed by atoms with Crippen LogP contribution in [0.5, 0.6) is 0 Å². The third kappa shape index (κ3) is 15.5. The molecule has 2 atom stereocenters. The Balaban J connectivity index is 0.000000140. The maximum atomic E-state index is 5.87. The van der Waals surface area contributed by atoms with Gasteiger partial charge in [0.2, 0.25) is 0 Å². The van der Waals surface area contributed by atoms with Crippen LogP contribution in [0.4, 0.5) is 0 Å². The van der Waals surface area contributed by atoms with Crippen molar-refractivity contribution in [2.75, 3.05) is 0 Å². The number of hydrogen-bond donors (Lipinski definition) is 0. The van der Waals surface area contributed by atoms with Crippen molar-refractivity contribution in [3.63, 3.8) is 0 Å². The van der Waals surface area contributed by atoms with Crippen molar-refractivity contribution >= 4 is 11.6 Å². The second-order valence-electron chi connectivity index (χ2n) is 23.0. The molecule has 5 aromatic heterocycles. The van der Waals surface area contributed by atoms with Crippen LogP contribution in [0.15, 0.2) is 122 Å². The van der Waals surface area contributed by atoms with Crippen molar-refractivity contribution in [3.05, 3.63) is 178 Å². The molecule has 2 unspecified atom stereocenters. The van der Waals surface area contributed by atoms with Crippen LogP contribution in [-0.2, 0) is 56.7 Å². The lowest BCUT2D eigenvalue weighted by atomic mass is 9.83. The zero-order chi connectivity index (χ0) is 51.2. The van der Waals surface area contributed by atoms with E-state index < -0.39 is 0 Å². The predicted octanol–water partition coefficient (Wildman–Crippen LogP) is 16.3. The first-order valence-electron chi connectivity index (χ1n) is 27.1. The summed E-state index contributed by atoms with van der Waals surface area (Å²) in [5.41, 5.74) is 15.8. The molecular weight excluding hydrogens is 869 g/mol. The van der Waals surface area contributed by atoms with Gasteiger partial charge in [0.05, 0.1) is 30.6 Å². The number of hydrogen-bond acceptors (Lipinski definition) is 3. The predicted molar refractivity (Wildman–Crippen MR) is 301 cm³/mol. The lowest BCUT2D eigenvalue weighted by Crippen LogP contribution is -2.34. The van der Waals surface area contributed by atoms with E-state index >= 15 is 0 Å². The van der Waals surface area contributed by atoms with Crippen molar-refractivity contribution in [2.24, 2.45) is 17.3 Å². The Morgan fingerprint density at radius 2 is 1.28 bits per heavy atom. The second-order valence-corrected chi connectivity index (χ2v) is 23.0. The quantitative estimate of drug-likeness (QED) is 0.160.